The Hall–Kier alpha value is -0.300. The van der Waals surface area contributed by atoms with Crippen molar-refractivity contribution in [1.29, 1.82) is 0 Å². The minimum atomic E-state index is -0.0745. The molecule has 0 aromatic heterocycles. The molecule has 3 unspecified atom stereocenters. The van der Waals surface area contributed by atoms with E-state index in [1.165, 1.54) is 25.7 Å². The molecular weight excluding hydrogens is 160 g/mol. The van der Waals surface area contributed by atoms with Crippen LogP contribution in [-0.2, 0) is 0 Å². The number of aliphatic hydroxyl groups excluding tert-OH is 1. The van der Waals surface area contributed by atoms with Crippen LogP contribution in [0.4, 0.5) is 0 Å². The van der Waals surface area contributed by atoms with Crippen LogP contribution in [0.15, 0.2) is 12.7 Å². The minimum absolute atomic E-state index is 0.0745. The average molecular weight is 182 g/mol. The van der Waals surface area contributed by atoms with Crippen molar-refractivity contribution < 1.29 is 5.11 Å². The molecule has 3 atom stereocenters. The first-order valence-electron chi connectivity index (χ1n) is 5.56. The molecule has 1 heteroatoms. The smallest absolute Gasteiger partial charge is 0.0571 e. The highest BCUT2D eigenvalue weighted by molar-refractivity contribution is 4.81. The molecule has 0 aromatic carbocycles. The molecule has 0 spiro atoms. The normalized spacial score (nSPS) is 30.3. The molecule has 13 heavy (non-hydrogen) atoms. The molecule has 1 nitrogen and oxygen atoms in total. The van der Waals surface area contributed by atoms with Crippen LogP contribution in [0.1, 0.15) is 45.4 Å². The van der Waals surface area contributed by atoms with Gasteiger partial charge in [0, 0.05) is 0 Å². The van der Waals surface area contributed by atoms with Gasteiger partial charge in [0.05, 0.1) is 6.10 Å². The quantitative estimate of drug-likeness (QED) is 0.648. The SMILES string of the molecule is C=CCCC(O)C1CCC(CC)C1. The molecule has 1 rings (SSSR count). The molecule has 0 saturated heterocycles. The average Bonchev–Trinajstić information content (AvgIpc) is 2.62. The van der Waals surface area contributed by atoms with Crippen molar-refractivity contribution in [2.45, 2.75) is 51.6 Å². The molecule has 1 aliphatic rings. The van der Waals surface area contributed by atoms with Crippen molar-refractivity contribution in [3.63, 3.8) is 0 Å². The lowest BCUT2D eigenvalue weighted by Gasteiger charge is -2.17. The summed E-state index contributed by atoms with van der Waals surface area (Å²) in [5.41, 5.74) is 0. The Kier molecular flexibility index (Phi) is 4.51. The predicted octanol–water partition coefficient (Wildman–Crippen LogP) is 3.14. The fourth-order valence-electron chi connectivity index (χ4n) is 2.36. The predicted molar refractivity (Wildman–Crippen MR) is 56.6 cm³/mol. The zero-order valence-electron chi connectivity index (χ0n) is 8.71. The molecule has 1 saturated carbocycles. The summed E-state index contributed by atoms with van der Waals surface area (Å²) >= 11 is 0. The highest BCUT2D eigenvalue weighted by Gasteiger charge is 2.28. The number of hydrogen-bond acceptors (Lipinski definition) is 1. The van der Waals surface area contributed by atoms with E-state index in [4.69, 9.17) is 0 Å². The van der Waals surface area contributed by atoms with Gasteiger partial charge in [-0.1, -0.05) is 25.8 Å². The van der Waals surface area contributed by atoms with Gasteiger partial charge in [0.1, 0.15) is 0 Å². The summed E-state index contributed by atoms with van der Waals surface area (Å²) in [6, 6.07) is 0. The fraction of sp³-hybridized carbons (Fsp3) is 0.833. The van der Waals surface area contributed by atoms with E-state index >= 15 is 0 Å². The lowest BCUT2D eigenvalue weighted by atomic mass is 9.95. The van der Waals surface area contributed by atoms with Gasteiger partial charge in [0.15, 0.2) is 0 Å². The maximum atomic E-state index is 9.85. The van der Waals surface area contributed by atoms with Gasteiger partial charge in [-0.2, -0.15) is 0 Å². The molecule has 76 valence electrons. The first kappa shape index (κ1) is 10.8. The standard InChI is InChI=1S/C12H22O/c1-3-5-6-12(13)11-8-7-10(4-2)9-11/h3,10-13H,1,4-9H2,2H3. The highest BCUT2D eigenvalue weighted by Crippen LogP contribution is 2.35. The van der Waals surface area contributed by atoms with Crippen molar-refractivity contribution in [2.24, 2.45) is 11.8 Å². The van der Waals surface area contributed by atoms with Gasteiger partial charge in [0.2, 0.25) is 0 Å². The van der Waals surface area contributed by atoms with Gasteiger partial charge in [-0.25, -0.2) is 0 Å². The van der Waals surface area contributed by atoms with E-state index in [0.29, 0.717) is 5.92 Å². The van der Waals surface area contributed by atoms with Crippen molar-refractivity contribution in [1.82, 2.24) is 0 Å². The summed E-state index contributed by atoms with van der Waals surface area (Å²) in [7, 11) is 0. The van der Waals surface area contributed by atoms with E-state index in [9.17, 15) is 5.11 Å². The fourth-order valence-corrected chi connectivity index (χ4v) is 2.36. The second-order valence-electron chi connectivity index (χ2n) is 4.28. The van der Waals surface area contributed by atoms with Crippen molar-refractivity contribution in [3.05, 3.63) is 12.7 Å². The van der Waals surface area contributed by atoms with Crippen LogP contribution in [0.5, 0.6) is 0 Å². The topological polar surface area (TPSA) is 20.2 Å². The number of rotatable bonds is 5. The zero-order valence-corrected chi connectivity index (χ0v) is 8.71. The van der Waals surface area contributed by atoms with Gasteiger partial charge in [-0.15, -0.1) is 6.58 Å². The van der Waals surface area contributed by atoms with Crippen LogP contribution in [-0.4, -0.2) is 11.2 Å². The highest BCUT2D eigenvalue weighted by atomic mass is 16.3. The Bertz CT molecular complexity index is 153. The summed E-state index contributed by atoms with van der Waals surface area (Å²) in [4.78, 5) is 0. The number of hydrogen-bond donors (Lipinski definition) is 1. The maximum absolute atomic E-state index is 9.85. The van der Waals surface area contributed by atoms with Gasteiger partial charge in [0.25, 0.3) is 0 Å². The molecule has 0 bridgehead atoms. The Labute approximate surface area is 81.9 Å². The van der Waals surface area contributed by atoms with E-state index in [2.05, 4.69) is 13.5 Å². The molecule has 0 radical (unpaired) electrons. The molecule has 0 aromatic rings. The van der Waals surface area contributed by atoms with Crippen molar-refractivity contribution >= 4 is 0 Å². The summed E-state index contributed by atoms with van der Waals surface area (Å²) in [6.45, 7) is 5.93. The molecular formula is C12H22O. The molecule has 0 amide bonds. The Morgan fingerprint density at radius 2 is 2.31 bits per heavy atom. The lowest BCUT2D eigenvalue weighted by Crippen LogP contribution is -2.17. The molecule has 1 fully saturated rings. The third-order valence-electron chi connectivity index (χ3n) is 3.37. The van der Waals surface area contributed by atoms with Crippen LogP contribution in [0.25, 0.3) is 0 Å². The van der Waals surface area contributed by atoms with Crippen LogP contribution in [0, 0.1) is 11.8 Å². The zero-order chi connectivity index (χ0) is 9.68. The number of allylic oxidation sites excluding steroid dienone is 1. The van der Waals surface area contributed by atoms with Crippen LogP contribution in [0.3, 0.4) is 0 Å². The summed E-state index contributed by atoms with van der Waals surface area (Å²) in [6.07, 6.45) is 8.77. The molecule has 1 N–H and O–H groups in total. The first-order chi connectivity index (χ1) is 6.27. The lowest BCUT2D eigenvalue weighted by molar-refractivity contribution is 0.101. The second kappa shape index (κ2) is 5.43. The Balaban J connectivity index is 2.24. The van der Waals surface area contributed by atoms with Gasteiger partial charge >= 0.3 is 0 Å². The van der Waals surface area contributed by atoms with E-state index in [0.717, 1.165) is 18.8 Å². The summed E-state index contributed by atoms with van der Waals surface area (Å²) < 4.78 is 0. The van der Waals surface area contributed by atoms with Crippen LogP contribution in [0.2, 0.25) is 0 Å². The molecule has 0 heterocycles. The van der Waals surface area contributed by atoms with Gasteiger partial charge < -0.3 is 5.11 Å². The van der Waals surface area contributed by atoms with Crippen molar-refractivity contribution in [3.8, 4) is 0 Å². The summed E-state index contributed by atoms with van der Waals surface area (Å²) in [5, 5.41) is 9.85. The third kappa shape index (κ3) is 3.15. The first-order valence-corrected chi connectivity index (χ1v) is 5.56. The monoisotopic (exact) mass is 182 g/mol. The minimum Gasteiger partial charge on any atom is -0.393 e. The Morgan fingerprint density at radius 3 is 2.85 bits per heavy atom. The largest absolute Gasteiger partial charge is 0.393 e. The van der Waals surface area contributed by atoms with E-state index in [1.807, 2.05) is 6.08 Å². The maximum Gasteiger partial charge on any atom is 0.0571 e. The third-order valence-corrected chi connectivity index (χ3v) is 3.37. The number of aliphatic hydroxyl groups is 1. The van der Waals surface area contributed by atoms with E-state index < -0.39 is 0 Å². The van der Waals surface area contributed by atoms with E-state index in [1.54, 1.807) is 0 Å². The van der Waals surface area contributed by atoms with Crippen molar-refractivity contribution in [2.75, 3.05) is 0 Å². The van der Waals surface area contributed by atoms with Crippen LogP contribution >= 0.6 is 0 Å². The van der Waals surface area contributed by atoms with Crippen LogP contribution < -0.4 is 0 Å². The Morgan fingerprint density at radius 1 is 1.54 bits per heavy atom. The molecule has 0 aliphatic heterocycles. The van der Waals surface area contributed by atoms with Gasteiger partial charge in [-0.3, -0.25) is 0 Å². The van der Waals surface area contributed by atoms with E-state index in [-0.39, 0.29) is 6.10 Å². The molecule has 1 aliphatic carbocycles. The summed E-state index contributed by atoms with van der Waals surface area (Å²) in [5.74, 6) is 1.45. The van der Waals surface area contributed by atoms with Gasteiger partial charge in [-0.05, 0) is 37.5 Å². The second-order valence-corrected chi connectivity index (χ2v) is 4.28.